The van der Waals surface area contributed by atoms with E-state index in [1.54, 1.807) is 16.2 Å². The van der Waals surface area contributed by atoms with Crippen molar-refractivity contribution in [3.63, 3.8) is 0 Å². The number of para-hydroxylation sites is 1. The van der Waals surface area contributed by atoms with Gasteiger partial charge in [-0.2, -0.15) is 0 Å². The summed E-state index contributed by atoms with van der Waals surface area (Å²) >= 11 is 4.59. The molecule has 0 saturated heterocycles. The molecule has 148 valence electrons. The van der Waals surface area contributed by atoms with Gasteiger partial charge in [0.2, 0.25) is 11.0 Å². The number of anilines is 2. The molecular weight excluding hydrogens is 408 g/mol. The van der Waals surface area contributed by atoms with Gasteiger partial charge in [-0.05, 0) is 35.4 Å². The van der Waals surface area contributed by atoms with Crippen LogP contribution >= 0.6 is 34.4 Å². The van der Waals surface area contributed by atoms with Crippen molar-refractivity contribution in [2.24, 2.45) is 0 Å². The maximum atomic E-state index is 12.4. The lowest BCUT2D eigenvalue weighted by Crippen LogP contribution is -2.27. The van der Waals surface area contributed by atoms with Crippen LogP contribution in [-0.4, -0.2) is 33.8 Å². The maximum Gasteiger partial charge on any atom is 0.233 e. The van der Waals surface area contributed by atoms with Gasteiger partial charge >= 0.3 is 0 Å². The Bertz CT molecular complexity index is 886. The average molecular weight is 433 g/mol. The van der Waals surface area contributed by atoms with Gasteiger partial charge in [0.1, 0.15) is 0 Å². The maximum absolute atomic E-state index is 12.4. The van der Waals surface area contributed by atoms with Crippen LogP contribution in [0.4, 0.5) is 10.8 Å². The van der Waals surface area contributed by atoms with Crippen molar-refractivity contribution in [2.75, 3.05) is 18.1 Å². The predicted octanol–water partition coefficient (Wildman–Crippen LogP) is 5.22. The van der Waals surface area contributed by atoms with Gasteiger partial charge < -0.3 is 10.2 Å². The minimum atomic E-state index is 0.0905. The number of hydrogen-bond acceptors (Lipinski definition) is 7. The van der Waals surface area contributed by atoms with E-state index in [0.29, 0.717) is 12.3 Å². The summed E-state index contributed by atoms with van der Waals surface area (Å²) in [5.41, 5.74) is 3.68. The molecule has 1 amide bonds. The molecule has 0 radical (unpaired) electrons. The highest BCUT2D eigenvalue weighted by Gasteiger charge is 2.14. The number of carbonyl (C=O) groups excluding carboxylic acids is 1. The second-order valence-electron chi connectivity index (χ2n) is 6.27. The molecule has 2 heterocycles. The van der Waals surface area contributed by atoms with E-state index < -0.39 is 0 Å². The molecule has 2 aromatic heterocycles. The minimum Gasteiger partial charge on any atom is -0.340 e. The van der Waals surface area contributed by atoms with Gasteiger partial charge in [-0.15, -0.1) is 21.5 Å². The Morgan fingerprint density at radius 2 is 1.89 bits per heavy atom. The molecule has 0 unspecified atom stereocenters. The van der Waals surface area contributed by atoms with Crippen molar-refractivity contribution >= 4 is 51.2 Å². The third-order valence-electron chi connectivity index (χ3n) is 4.36. The van der Waals surface area contributed by atoms with E-state index in [4.69, 9.17) is 0 Å². The van der Waals surface area contributed by atoms with E-state index in [2.05, 4.69) is 47.6 Å². The largest absolute Gasteiger partial charge is 0.340 e. The van der Waals surface area contributed by atoms with Gasteiger partial charge in [0.25, 0.3) is 0 Å². The fourth-order valence-corrected chi connectivity index (χ4v) is 5.24. The number of thiophene rings is 1. The van der Waals surface area contributed by atoms with E-state index in [1.165, 1.54) is 39.1 Å². The number of carbonyl (C=O) groups is 1. The van der Waals surface area contributed by atoms with Gasteiger partial charge in [-0.3, -0.25) is 4.79 Å². The highest BCUT2D eigenvalue weighted by molar-refractivity contribution is 8.01. The van der Waals surface area contributed by atoms with E-state index in [0.717, 1.165) is 28.0 Å². The van der Waals surface area contributed by atoms with Crippen LogP contribution in [0.25, 0.3) is 0 Å². The van der Waals surface area contributed by atoms with Crippen LogP contribution in [0.1, 0.15) is 29.9 Å². The lowest BCUT2D eigenvalue weighted by atomic mass is 10.0. The molecule has 28 heavy (non-hydrogen) atoms. The second kappa shape index (κ2) is 10.0. The van der Waals surface area contributed by atoms with Crippen molar-refractivity contribution in [3.8, 4) is 0 Å². The first-order valence-corrected chi connectivity index (χ1v) is 11.9. The molecule has 3 aromatic rings. The lowest BCUT2D eigenvalue weighted by Gasteiger charge is -2.15. The SMILES string of the molecule is CCc1cccc(CC)c1Nc1nnc(SCC(=O)N(C)Cc2cccs2)s1. The Kier molecular flexibility index (Phi) is 7.47. The van der Waals surface area contributed by atoms with Crippen LogP contribution in [0, 0.1) is 0 Å². The lowest BCUT2D eigenvalue weighted by molar-refractivity contribution is -0.127. The molecule has 0 atom stereocenters. The fraction of sp³-hybridized carbons (Fsp3) is 0.350. The van der Waals surface area contributed by atoms with E-state index in [1.807, 2.05) is 24.6 Å². The number of hydrogen-bond donors (Lipinski definition) is 1. The highest BCUT2D eigenvalue weighted by atomic mass is 32.2. The zero-order valence-corrected chi connectivity index (χ0v) is 18.7. The van der Waals surface area contributed by atoms with Gasteiger partial charge in [-0.1, -0.05) is 61.2 Å². The first-order chi connectivity index (χ1) is 13.6. The van der Waals surface area contributed by atoms with Gasteiger partial charge in [0, 0.05) is 17.6 Å². The molecule has 0 aliphatic heterocycles. The summed E-state index contributed by atoms with van der Waals surface area (Å²) in [7, 11) is 1.84. The molecular formula is C20H24N4OS3. The highest BCUT2D eigenvalue weighted by Crippen LogP contribution is 2.31. The van der Waals surface area contributed by atoms with Crippen LogP contribution in [-0.2, 0) is 24.2 Å². The molecule has 1 aromatic carbocycles. The molecule has 5 nitrogen and oxygen atoms in total. The molecule has 8 heteroatoms. The van der Waals surface area contributed by atoms with Crippen LogP contribution in [0.15, 0.2) is 40.1 Å². The van der Waals surface area contributed by atoms with Gasteiger partial charge in [-0.25, -0.2) is 0 Å². The zero-order valence-electron chi connectivity index (χ0n) is 16.3. The molecule has 0 bridgehead atoms. The minimum absolute atomic E-state index is 0.0905. The summed E-state index contributed by atoms with van der Waals surface area (Å²) in [6, 6.07) is 10.4. The number of thioether (sulfide) groups is 1. The fourth-order valence-electron chi connectivity index (χ4n) is 2.79. The molecule has 0 spiro atoms. The third-order valence-corrected chi connectivity index (χ3v) is 7.17. The Hall–Kier alpha value is -1.90. The number of aryl methyl sites for hydroxylation is 2. The molecule has 1 N–H and O–H groups in total. The Morgan fingerprint density at radius 3 is 2.54 bits per heavy atom. The molecule has 0 fully saturated rings. The molecule has 0 saturated carbocycles. The summed E-state index contributed by atoms with van der Waals surface area (Å²) < 4.78 is 0.799. The Morgan fingerprint density at radius 1 is 1.14 bits per heavy atom. The van der Waals surface area contributed by atoms with E-state index in [-0.39, 0.29) is 5.91 Å². The number of nitrogens with one attached hydrogen (secondary N) is 1. The first-order valence-electron chi connectivity index (χ1n) is 9.21. The third kappa shape index (κ3) is 5.33. The van der Waals surface area contributed by atoms with Crippen molar-refractivity contribution in [2.45, 2.75) is 37.6 Å². The number of aromatic nitrogens is 2. The smallest absolute Gasteiger partial charge is 0.233 e. The zero-order chi connectivity index (χ0) is 19.9. The van der Waals surface area contributed by atoms with Crippen LogP contribution in [0.5, 0.6) is 0 Å². The standard InChI is InChI=1S/C20H24N4OS3/c1-4-14-8-6-9-15(5-2)18(14)21-19-22-23-20(28-19)27-13-17(25)24(3)12-16-10-7-11-26-16/h6-11H,4-5,12-13H2,1-3H3,(H,21,22). The summed E-state index contributed by atoms with van der Waals surface area (Å²) in [6.07, 6.45) is 1.92. The summed E-state index contributed by atoms with van der Waals surface area (Å²) in [5, 5.41) is 14.7. The van der Waals surface area contributed by atoms with Crippen molar-refractivity contribution < 1.29 is 4.79 Å². The summed E-state index contributed by atoms with van der Waals surface area (Å²) in [4.78, 5) is 15.3. The average Bonchev–Trinajstić information content (AvgIpc) is 3.38. The molecule has 0 aliphatic carbocycles. The van der Waals surface area contributed by atoms with Gasteiger partial charge in [0.15, 0.2) is 4.34 Å². The molecule has 0 aliphatic rings. The van der Waals surface area contributed by atoms with Crippen LogP contribution in [0.3, 0.4) is 0 Å². The Labute approximate surface area is 178 Å². The topological polar surface area (TPSA) is 58.1 Å². The normalized spacial score (nSPS) is 10.8. The number of nitrogens with zero attached hydrogens (tertiary/aromatic N) is 3. The number of rotatable bonds is 9. The van der Waals surface area contributed by atoms with Crippen LogP contribution < -0.4 is 5.32 Å². The van der Waals surface area contributed by atoms with E-state index in [9.17, 15) is 4.79 Å². The number of amides is 1. The van der Waals surface area contributed by atoms with Crippen LogP contribution in [0.2, 0.25) is 0 Å². The molecule has 3 rings (SSSR count). The van der Waals surface area contributed by atoms with Crippen molar-refractivity contribution in [3.05, 3.63) is 51.7 Å². The first kappa shape index (κ1) is 20.8. The monoisotopic (exact) mass is 432 g/mol. The quantitative estimate of drug-likeness (QED) is 0.470. The van der Waals surface area contributed by atoms with Gasteiger partial charge in [0.05, 0.1) is 12.3 Å². The predicted molar refractivity (Wildman–Crippen MR) is 120 cm³/mol. The number of benzene rings is 1. The van der Waals surface area contributed by atoms with Crippen molar-refractivity contribution in [1.29, 1.82) is 0 Å². The van der Waals surface area contributed by atoms with E-state index >= 15 is 0 Å². The van der Waals surface area contributed by atoms with Crippen molar-refractivity contribution in [1.82, 2.24) is 15.1 Å². The second-order valence-corrected chi connectivity index (χ2v) is 9.51. The summed E-state index contributed by atoms with van der Waals surface area (Å²) in [6.45, 7) is 4.95. The Balaban J connectivity index is 1.58. The summed E-state index contributed by atoms with van der Waals surface area (Å²) in [5.74, 6) is 0.454.